The van der Waals surface area contributed by atoms with Crippen molar-refractivity contribution < 1.29 is 14.9 Å². The maximum atomic E-state index is 14.4. The van der Waals surface area contributed by atoms with Crippen LogP contribution in [0.4, 0.5) is 31.5 Å². The standard InChI is InChI=1S/C61H48F2N4O/c1-39(2)49-13-6-7-14-50(49)42-33-46(36-48(34-42)68-47-29-30-54-53-15-8-9-18-55(53)67(58(54)37-47)59-35-43(31-32-64-59)61(3,4)5)65-38-66(57-20-11-10-19-56(57)65)60-51(40-21-25-44(62)26-22-40)16-12-17-52(60)41-23-27-45(63)28-24-41/h6-37,39H,1-5H3/q+2/i39D. The molecule has 0 bridgehead atoms. The van der Waals surface area contributed by atoms with Gasteiger partial charge in [-0.1, -0.05) is 120 Å². The van der Waals surface area contributed by atoms with E-state index in [9.17, 15) is 10.2 Å². The van der Waals surface area contributed by atoms with E-state index >= 15 is 0 Å². The summed E-state index contributed by atoms with van der Waals surface area (Å²) in [6.45, 7) is 10.4. The molecule has 3 heterocycles. The number of halogens is 2. The van der Waals surface area contributed by atoms with Crippen LogP contribution in [-0.2, 0) is 5.41 Å². The topological polar surface area (TPSA) is 33.1 Å². The molecule has 0 radical (unpaired) electrons. The van der Waals surface area contributed by atoms with Crippen LogP contribution in [0.1, 0.15) is 53.0 Å². The van der Waals surface area contributed by atoms with E-state index in [1.165, 1.54) is 29.8 Å². The number of benzene rings is 8. The number of ether oxygens (including phenoxy) is 1. The predicted molar refractivity (Wildman–Crippen MR) is 275 cm³/mol. The first kappa shape index (κ1) is 41.2. The molecule has 0 spiro atoms. The third-order valence-electron chi connectivity index (χ3n) is 12.8. The minimum absolute atomic E-state index is 0.0696. The van der Waals surface area contributed by atoms with E-state index in [2.05, 4.69) is 104 Å². The summed E-state index contributed by atoms with van der Waals surface area (Å²) in [5, 5.41) is 2.20. The van der Waals surface area contributed by atoms with Gasteiger partial charge >= 0.3 is 6.01 Å². The van der Waals surface area contributed by atoms with Crippen LogP contribution in [0.2, 0.25) is 0 Å². The summed E-state index contributed by atoms with van der Waals surface area (Å²) in [6, 6.07) is 63.9. The Kier molecular flexibility index (Phi) is 10.2. The molecule has 0 atom stereocenters. The number of hydrogen-bond acceptors (Lipinski definition) is 2. The lowest BCUT2D eigenvalue weighted by Gasteiger charge is -2.20. The molecule has 5 nitrogen and oxygen atoms in total. The Labute approximate surface area is 396 Å². The molecule has 10 aromatic rings. The Hall–Kier alpha value is -8.25. The maximum Gasteiger partial charge on any atom is 0.503 e. The number of pyridine rings is 1. The predicted octanol–water partition coefficient (Wildman–Crippen LogP) is 16.5. The van der Waals surface area contributed by atoms with E-state index in [1.54, 1.807) is 24.3 Å². The third kappa shape index (κ3) is 7.67. The Morgan fingerprint density at radius 1 is 0.574 bits per heavy atom. The van der Waals surface area contributed by atoms with Crippen molar-refractivity contribution in [1.29, 1.82) is 0 Å². The van der Waals surface area contributed by atoms with Crippen molar-refractivity contribution in [2.45, 2.75) is 45.9 Å². The molecule has 0 saturated heterocycles. The van der Waals surface area contributed by atoms with Gasteiger partial charge in [-0.3, -0.25) is 4.57 Å². The fraction of sp³-hybridized carbons (Fsp3) is 0.115. The summed E-state index contributed by atoms with van der Waals surface area (Å²) in [4.78, 5) is 4.90. The van der Waals surface area contributed by atoms with Crippen molar-refractivity contribution in [3.05, 3.63) is 217 Å². The van der Waals surface area contributed by atoms with Crippen molar-refractivity contribution in [3.8, 4) is 50.7 Å². The number of nitrogens with zero attached hydrogens (tertiary/aromatic N) is 4. The molecular weight excluding hydrogens is 843 g/mol. The number of para-hydroxylation sites is 4. The van der Waals surface area contributed by atoms with E-state index in [1.807, 2.05) is 95.9 Å². The van der Waals surface area contributed by atoms with Gasteiger partial charge in [-0.25, -0.2) is 13.8 Å². The lowest BCUT2D eigenvalue weighted by atomic mass is 9.88. The molecule has 8 aromatic carbocycles. The van der Waals surface area contributed by atoms with Crippen LogP contribution >= 0.6 is 0 Å². The van der Waals surface area contributed by atoms with Crippen LogP contribution < -0.4 is 13.9 Å². The summed E-state index contributed by atoms with van der Waals surface area (Å²) in [6.07, 6.45) is 1.89. The summed E-state index contributed by atoms with van der Waals surface area (Å²) < 4.78 is 51.3. The van der Waals surface area contributed by atoms with Gasteiger partial charge in [0.15, 0.2) is 0 Å². The quantitative estimate of drug-likeness (QED) is 0.135. The highest BCUT2D eigenvalue weighted by Crippen LogP contribution is 2.46. The van der Waals surface area contributed by atoms with Crippen molar-refractivity contribution in [2.24, 2.45) is 0 Å². The fourth-order valence-electron chi connectivity index (χ4n) is 9.43. The van der Waals surface area contributed by atoms with Gasteiger partial charge in [0.05, 0.1) is 28.2 Å². The van der Waals surface area contributed by atoms with Crippen LogP contribution in [0, 0.1) is 11.6 Å². The van der Waals surface area contributed by atoms with Crippen LogP contribution in [0.15, 0.2) is 194 Å². The summed E-state index contributed by atoms with van der Waals surface area (Å²) in [7, 11) is 0. The highest BCUT2D eigenvalue weighted by molar-refractivity contribution is 6.09. The molecule has 0 N–H and O–H groups in total. The minimum Gasteiger partial charge on any atom is -0.457 e. The normalized spacial score (nSPS) is 12.8. The molecule has 1 aliphatic rings. The molecule has 1 aliphatic heterocycles. The van der Waals surface area contributed by atoms with Crippen LogP contribution in [0.5, 0.6) is 11.5 Å². The average Bonchev–Trinajstić information content (AvgIpc) is 3.90. The fourth-order valence-corrected chi connectivity index (χ4v) is 9.43. The van der Waals surface area contributed by atoms with Gasteiger partial charge in [0.1, 0.15) is 29.0 Å². The van der Waals surface area contributed by atoms with Crippen molar-refractivity contribution in [2.75, 3.05) is 0 Å². The monoisotopic (exact) mass is 891 g/mol. The largest absolute Gasteiger partial charge is 0.503 e. The Morgan fingerprint density at radius 3 is 1.88 bits per heavy atom. The van der Waals surface area contributed by atoms with Crippen LogP contribution in [-0.4, -0.2) is 15.6 Å². The molecule has 11 rings (SSSR count). The average molecular weight is 892 g/mol. The van der Waals surface area contributed by atoms with Gasteiger partial charge < -0.3 is 4.74 Å². The van der Waals surface area contributed by atoms with Crippen LogP contribution in [0.3, 0.4) is 0 Å². The lowest BCUT2D eigenvalue weighted by molar-refractivity contribution is 0.483. The molecule has 0 fully saturated rings. The molecule has 68 heavy (non-hydrogen) atoms. The first-order chi connectivity index (χ1) is 33.3. The summed E-state index contributed by atoms with van der Waals surface area (Å²) in [5.41, 5.74) is 12.4. The SMILES string of the molecule is [2H]C(C)(C)c1ccccc1-c1cc(Oc2ccc3c4ccccc4n(-c4cc(C(C)(C)C)ccn4)c3c2)cc([N+]2=C=[N+](c3c(-c4ccc(F)cc4)cccc3-c3ccc(F)cc3)c3ccccc32)c1. The van der Waals surface area contributed by atoms with Crippen molar-refractivity contribution in [3.63, 3.8) is 0 Å². The zero-order chi connectivity index (χ0) is 47.6. The Bertz CT molecular complexity index is 3660. The maximum absolute atomic E-state index is 14.4. The van der Waals surface area contributed by atoms with E-state index < -0.39 is 5.89 Å². The lowest BCUT2D eigenvalue weighted by Crippen LogP contribution is -2.12. The van der Waals surface area contributed by atoms with Gasteiger partial charge in [0, 0.05) is 42.6 Å². The first-order valence-electron chi connectivity index (χ1n) is 23.3. The number of fused-ring (bicyclic) bond motifs is 4. The zero-order valence-electron chi connectivity index (χ0n) is 39.4. The second kappa shape index (κ2) is 16.9. The van der Waals surface area contributed by atoms with Gasteiger partial charge in [0.2, 0.25) is 11.4 Å². The van der Waals surface area contributed by atoms with Crippen LogP contribution in [0.25, 0.3) is 61.0 Å². The van der Waals surface area contributed by atoms with Crippen molar-refractivity contribution in [1.82, 2.24) is 18.7 Å². The van der Waals surface area contributed by atoms with Gasteiger partial charge in [-0.05, 0) is 127 Å². The van der Waals surface area contributed by atoms with Gasteiger partial charge in [-0.15, -0.1) is 0 Å². The second-order valence-electron chi connectivity index (χ2n) is 18.5. The first-order valence-corrected chi connectivity index (χ1v) is 22.8. The highest BCUT2D eigenvalue weighted by atomic mass is 19.1. The van der Waals surface area contributed by atoms with E-state index in [4.69, 9.17) is 9.72 Å². The number of aromatic nitrogens is 2. The van der Waals surface area contributed by atoms with Gasteiger partial charge in [0.25, 0.3) is 11.4 Å². The van der Waals surface area contributed by atoms with E-state index in [0.717, 1.165) is 89.3 Å². The van der Waals surface area contributed by atoms with E-state index in [0.29, 0.717) is 11.5 Å². The molecule has 0 amide bonds. The third-order valence-corrected chi connectivity index (χ3v) is 12.8. The smallest absolute Gasteiger partial charge is 0.457 e. The Morgan fingerprint density at radius 2 is 1.19 bits per heavy atom. The Balaban J connectivity index is 1.13. The number of hydrogen-bond donors (Lipinski definition) is 0. The molecule has 0 unspecified atom stereocenters. The van der Waals surface area contributed by atoms with Crippen molar-refractivity contribution >= 4 is 50.6 Å². The van der Waals surface area contributed by atoms with Gasteiger partial charge in [-0.2, -0.15) is 0 Å². The highest BCUT2D eigenvalue weighted by Gasteiger charge is 2.39. The number of rotatable bonds is 9. The minimum atomic E-state index is -0.902. The second-order valence-corrected chi connectivity index (χ2v) is 18.5. The summed E-state index contributed by atoms with van der Waals surface area (Å²) >= 11 is 0. The summed E-state index contributed by atoms with van der Waals surface area (Å²) in [5.74, 6) is 0.501. The van der Waals surface area contributed by atoms with E-state index in [-0.39, 0.29) is 17.0 Å². The molecule has 7 heteroatoms. The molecule has 0 saturated carbocycles. The molecule has 330 valence electrons. The molecule has 2 aromatic heterocycles. The molecule has 0 aliphatic carbocycles. The zero-order valence-corrected chi connectivity index (χ0v) is 38.4. The molecular formula is C61H48F2N4O+2.